The second-order valence-corrected chi connectivity index (χ2v) is 21.2. The Kier molecular flexibility index (Phi) is 9.86. The zero-order valence-corrected chi connectivity index (χ0v) is 42.5. The maximum atomic E-state index is 2.50. The van der Waals surface area contributed by atoms with Gasteiger partial charge in [0.1, 0.15) is 0 Å². The van der Waals surface area contributed by atoms with Gasteiger partial charge in [-0.25, -0.2) is 0 Å². The summed E-state index contributed by atoms with van der Waals surface area (Å²) in [4.78, 5) is 2.42. The van der Waals surface area contributed by atoms with E-state index in [0.29, 0.717) is 0 Å². The Hall–Kier alpha value is -9.50. The van der Waals surface area contributed by atoms with E-state index in [1.54, 1.807) is 0 Å². The summed E-state index contributed by atoms with van der Waals surface area (Å²) in [5.74, 6) is 0. The topological polar surface area (TPSA) is 8.17 Å². The van der Waals surface area contributed by atoms with E-state index in [0.717, 1.165) is 22.7 Å². The maximum Gasteiger partial charge on any atom is 0.0713 e. The van der Waals surface area contributed by atoms with Crippen LogP contribution < -0.4 is 4.90 Å². The molecule has 358 valence electrons. The minimum Gasteiger partial charge on any atom is -0.310 e. The van der Waals surface area contributed by atoms with Gasteiger partial charge in [0.2, 0.25) is 0 Å². The Bertz CT molecular complexity index is 4360. The fourth-order valence-electron chi connectivity index (χ4n) is 13.3. The first-order valence-electron chi connectivity index (χ1n) is 26.6. The molecule has 0 unspecified atom stereocenters. The molecule has 0 bridgehead atoms. The third-order valence-electron chi connectivity index (χ3n) is 16.9. The Balaban J connectivity index is 0.871. The van der Waals surface area contributed by atoms with Crippen LogP contribution >= 0.6 is 0 Å². The van der Waals surface area contributed by atoms with Crippen molar-refractivity contribution in [1.29, 1.82) is 0 Å². The lowest BCUT2D eigenvalue weighted by Gasteiger charge is -2.34. The summed E-state index contributed by atoms with van der Waals surface area (Å²) in [5, 5.41) is 4.95. The van der Waals surface area contributed by atoms with Gasteiger partial charge in [0.05, 0.1) is 16.4 Å². The largest absolute Gasteiger partial charge is 0.310 e. The number of hydrogen-bond donors (Lipinski definition) is 0. The van der Waals surface area contributed by atoms with Gasteiger partial charge in [-0.3, -0.25) is 0 Å². The van der Waals surface area contributed by atoms with Gasteiger partial charge in [-0.1, -0.05) is 214 Å². The number of nitrogens with zero attached hydrogens (tertiary/aromatic N) is 2. The summed E-state index contributed by atoms with van der Waals surface area (Å²) in [5.41, 5.74) is 24.1. The second-order valence-electron chi connectivity index (χ2n) is 21.2. The van der Waals surface area contributed by atoms with Crippen LogP contribution in [0.2, 0.25) is 0 Å². The Morgan fingerprint density at radius 1 is 0.303 bits per heavy atom. The van der Waals surface area contributed by atoms with Gasteiger partial charge in [0.25, 0.3) is 0 Å². The van der Waals surface area contributed by atoms with Crippen LogP contribution in [0.15, 0.2) is 279 Å². The van der Waals surface area contributed by atoms with Crippen molar-refractivity contribution in [1.82, 2.24) is 4.57 Å². The van der Waals surface area contributed by atoms with E-state index in [9.17, 15) is 0 Å². The van der Waals surface area contributed by atoms with Crippen LogP contribution in [-0.2, 0) is 10.8 Å². The lowest BCUT2D eigenvalue weighted by molar-refractivity contribution is 0.660. The molecule has 2 aliphatic carbocycles. The number of para-hydroxylation sites is 1. The van der Waals surface area contributed by atoms with Crippen LogP contribution in [0.5, 0.6) is 0 Å². The molecule has 1 aromatic heterocycles. The molecule has 1 heterocycles. The van der Waals surface area contributed by atoms with Crippen LogP contribution in [0.1, 0.15) is 47.2 Å². The molecule has 0 spiro atoms. The van der Waals surface area contributed by atoms with Crippen LogP contribution in [0, 0.1) is 0 Å². The maximum absolute atomic E-state index is 2.50. The van der Waals surface area contributed by atoms with E-state index < -0.39 is 5.41 Å². The van der Waals surface area contributed by atoms with E-state index in [2.05, 4.69) is 302 Å². The normalized spacial score (nSPS) is 13.6. The monoisotopic (exact) mass is 968 g/mol. The number of anilines is 3. The molecule has 2 aliphatic rings. The number of benzene rings is 12. The molecule has 12 aromatic carbocycles. The Morgan fingerprint density at radius 3 is 1.43 bits per heavy atom. The molecule has 0 amide bonds. The van der Waals surface area contributed by atoms with E-state index in [1.807, 2.05) is 0 Å². The van der Waals surface area contributed by atoms with Crippen molar-refractivity contribution in [2.45, 2.75) is 24.7 Å². The highest BCUT2D eigenvalue weighted by Crippen LogP contribution is 2.57. The molecule has 0 saturated heterocycles. The van der Waals surface area contributed by atoms with Gasteiger partial charge in [-0.15, -0.1) is 0 Å². The second kappa shape index (κ2) is 17.0. The third kappa shape index (κ3) is 6.60. The van der Waals surface area contributed by atoms with E-state index in [4.69, 9.17) is 0 Å². The van der Waals surface area contributed by atoms with Crippen molar-refractivity contribution in [3.63, 3.8) is 0 Å². The predicted octanol–water partition coefficient (Wildman–Crippen LogP) is 19.4. The summed E-state index contributed by atoms with van der Waals surface area (Å²) in [6, 6.07) is 104. The van der Waals surface area contributed by atoms with Gasteiger partial charge in [-0.2, -0.15) is 0 Å². The van der Waals surface area contributed by atoms with Crippen molar-refractivity contribution >= 4 is 49.6 Å². The molecule has 76 heavy (non-hydrogen) atoms. The Labute approximate surface area is 444 Å². The molecule has 0 atom stereocenters. The third-order valence-corrected chi connectivity index (χ3v) is 16.9. The Morgan fingerprint density at radius 2 is 0.776 bits per heavy atom. The SMILES string of the molecule is CC1(C)c2ccccc2-c2ccc(N(c3ccc(-c4ccc5ccccc5c4)cc3)c3ccc(-c4ccc5c(c4)c4cc(C6(c7ccccc7)c7ccccc7-c7ccccc76)ccc4n5-c4ccccc4)cc3)cc21. The first-order valence-corrected chi connectivity index (χ1v) is 26.6. The fraction of sp³-hybridized carbons (Fsp3) is 0.0541. The molecule has 13 aromatic rings. The van der Waals surface area contributed by atoms with Crippen LogP contribution in [0.4, 0.5) is 17.1 Å². The average Bonchev–Trinajstić information content (AvgIpc) is 4.15. The van der Waals surface area contributed by atoms with Gasteiger partial charge in [0.15, 0.2) is 0 Å². The number of hydrogen-bond acceptors (Lipinski definition) is 1. The highest BCUT2D eigenvalue weighted by atomic mass is 15.1. The molecule has 2 nitrogen and oxygen atoms in total. The first kappa shape index (κ1) is 44.0. The molecular weight excluding hydrogens is 917 g/mol. The molecule has 0 fully saturated rings. The van der Waals surface area contributed by atoms with Crippen LogP contribution in [0.3, 0.4) is 0 Å². The zero-order valence-electron chi connectivity index (χ0n) is 42.5. The molecule has 0 saturated carbocycles. The molecule has 0 aliphatic heterocycles. The highest BCUT2D eigenvalue weighted by molar-refractivity contribution is 6.11. The van der Waals surface area contributed by atoms with Crippen LogP contribution in [-0.4, -0.2) is 4.57 Å². The quantitative estimate of drug-likeness (QED) is 0.147. The molecule has 0 radical (unpaired) electrons. The van der Waals surface area contributed by atoms with Crippen molar-refractivity contribution in [3.8, 4) is 50.2 Å². The smallest absolute Gasteiger partial charge is 0.0713 e. The van der Waals surface area contributed by atoms with Crippen molar-refractivity contribution < 1.29 is 0 Å². The zero-order chi connectivity index (χ0) is 50.5. The van der Waals surface area contributed by atoms with Gasteiger partial charge >= 0.3 is 0 Å². The standard InChI is InChI=1S/C74H52N2/c1-73(2)67-26-14-11-23-61(67)64-42-41-60(48-70(64)73)75(58-37-31-50(32-38-58)53-30-29-49-17-9-10-18-52(49)45-53)59-39-33-51(34-40-59)54-35-43-71-65(46-54)66-47-56(36-44-72(66)76(71)57-21-7-4-8-22-57)74(55-19-5-3-6-20-55)68-27-15-12-24-62(68)63-25-13-16-28-69(63)74/h3-48H,1-2H3. The van der Waals surface area contributed by atoms with Gasteiger partial charge in [-0.05, 0) is 168 Å². The summed E-state index contributed by atoms with van der Waals surface area (Å²) in [7, 11) is 0. The predicted molar refractivity (Wildman–Crippen MR) is 319 cm³/mol. The number of aromatic nitrogens is 1. The summed E-state index contributed by atoms with van der Waals surface area (Å²) in [6.07, 6.45) is 0. The van der Waals surface area contributed by atoms with Crippen molar-refractivity contribution in [2.24, 2.45) is 0 Å². The van der Waals surface area contributed by atoms with E-state index in [-0.39, 0.29) is 5.41 Å². The van der Waals surface area contributed by atoms with E-state index in [1.165, 1.54) is 110 Å². The van der Waals surface area contributed by atoms with Crippen molar-refractivity contribution in [2.75, 3.05) is 4.90 Å². The minimum absolute atomic E-state index is 0.130. The highest BCUT2D eigenvalue weighted by Gasteiger charge is 2.46. The molecule has 0 N–H and O–H groups in total. The lowest BCUT2D eigenvalue weighted by Crippen LogP contribution is -2.28. The molecule has 2 heteroatoms. The minimum atomic E-state index is -0.502. The fourth-order valence-corrected chi connectivity index (χ4v) is 13.3. The van der Waals surface area contributed by atoms with E-state index >= 15 is 0 Å². The molecular formula is C74H52N2. The summed E-state index contributed by atoms with van der Waals surface area (Å²) < 4.78 is 2.44. The van der Waals surface area contributed by atoms with Gasteiger partial charge in [0, 0.05) is 38.9 Å². The molecule has 15 rings (SSSR count). The number of rotatable bonds is 8. The number of fused-ring (bicyclic) bond motifs is 10. The van der Waals surface area contributed by atoms with Gasteiger partial charge < -0.3 is 9.47 Å². The summed E-state index contributed by atoms with van der Waals surface area (Å²) in [6.45, 7) is 4.73. The van der Waals surface area contributed by atoms with Crippen molar-refractivity contribution in [3.05, 3.63) is 312 Å². The summed E-state index contributed by atoms with van der Waals surface area (Å²) >= 11 is 0. The van der Waals surface area contributed by atoms with Crippen LogP contribution in [0.25, 0.3) is 82.8 Å². The lowest BCUT2D eigenvalue weighted by atomic mass is 9.67. The average molecular weight is 969 g/mol. The first-order chi connectivity index (χ1) is 37.4.